The van der Waals surface area contributed by atoms with Crippen LogP contribution < -0.4 is 0 Å². The molecule has 0 bridgehead atoms. The number of hydrogen-bond acceptors (Lipinski definition) is 3. The van der Waals surface area contributed by atoms with Crippen LogP contribution in [0.25, 0.3) is 0 Å². The van der Waals surface area contributed by atoms with E-state index in [0.717, 1.165) is 19.3 Å². The number of pyridine rings is 1. The second-order valence-corrected chi connectivity index (χ2v) is 5.34. The summed E-state index contributed by atoms with van der Waals surface area (Å²) in [5.74, 6) is -1.01. The third-order valence-electron chi connectivity index (χ3n) is 3.29. The third kappa shape index (κ3) is 3.32. The Balaban J connectivity index is 2.20. The van der Waals surface area contributed by atoms with Crippen LogP contribution in [0.3, 0.4) is 0 Å². The Bertz CT molecular complexity index is 493. The number of carboxylic acids is 1. The lowest BCUT2D eigenvalue weighted by molar-refractivity contribution is -0.138. The van der Waals surface area contributed by atoms with E-state index in [9.17, 15) is 9.59 Å². The van der Waals surface area contributed by atoms with Crippen LogP contribution >= 0.6 is 15.9 Å². The molecule has 1 aromatic rings. The van der Waals surface area contributed by atoms with Gasteiger partial charge in [-0.05, 0) is 47.3 Å². The predicted octanol–water partition coefficient (Wildman–Crippen LogP) is 2.31. The maximum absolute atomic E-state index is 12.5. The van der Waals surface area contributed by atoms with Crippen molar-refractivity contribution in [1.29, 1.82) is 0 Å². The van der Waals surface area contributed by atoms with E-state index in [4.69, 9.17) is 5.11 Å². The molecule has 6 heteroatoms. The molecule has 19 heavy (non-hydrogen) atoms. The molecule has 2 heterocycles. The van der Waals surface area contributed by atoms with Gasteiger partial charge in [-0.1, -0.05) is 0 Å². The van der Waals surface area contributed by atoms with Gasteiger partial charge in [0.1, 0.15) is 4.60 Å². The van der Waals surface area contributed by atoms with Crippen LogP contribution in [0.1, 0.15) is 36.0 Å². The van der Waals surface area contributed by atoms with Gasteiger partial charge in [-0.2, -0.15) is 0 Å². The number of likely N-dealkylation sites (tertiary alicyclic amines) is 1. The van der Waals surface area contributed by atoms with E-state index in [-0.39, 0.29) is 18.4 Å². The van der Waals surface area contributed by atoms with Crippen molar-refractivity contribution in [3.63, 3.8) is 0 Å². The lowest BCUT2D eigenvalue weighted by atomic mass is 9.98. The van der Waals surface area contributed by atoms with Crippen molar-refractivity contribution in [2.75, 3.05) is 6.54 Å². The highest BCUT2D eigenvalue weighted by Crippen LogP contribution is 2.24. The molecule has 5 nitrogen and oxygen atoms in total. The van der Waals surface area contributed by atoms with Crippen LogP contribution in [0, 0.1) is 0 Å². The average Bonchev–Trinajstić information content (AvgIpc) is 2.38. The molecule has 0 aliphatic carbocycles. The molecule has 0 saturated carbocycles. The summed E-state index contributed by atoms with van der Waals surface area (Å²) in [5.41, 5.74) is 0.486. The Kier molecular flexibility index (Phi) is 4.52. The number of nitrogens with zero attached hydrogens (tertiary/aromatic N) is 2. The fourth-order valence-electron chi connectivity index (χ4n) is 2.38. The summed E-state index contributed by atoms with van der Waals surface area (Å²) in [6.45, 7) is 0.609. The molecule has 1 aromatic heterocycles. The number of piperidine rings is 1. The predicted molar refractivity (Wildman–Crippen MR) is 72.9 cm³/mol. The summed E-state index contributed by atoms with van der Waals surface area (Å²) in [6.07, 6.45) is 4.24. The SMILES string of the molecule is O=C(O)CC1CCCCN1C(=O)c1cccnc1Br. The molecule has 1 fully saturated rings. The van der Waals surface area contributed by atoms with Gasteiger partial charge in [0.15, 0.2) is 0 Å². The molecule has 102 valence electrons. The third-order valence-corrected chi connectivity index (χ3v) is 3.92. The number of carbonyl (C=O) groups excluding carboxylic acids is 1. The summed E-state index contributed by atoms with van der Waals surface area (Å²) in [4.78, 5) is 29.1. The molecule has 0 spiro atoms. The van der Waals surface area contributed by atoms with Gasteiger partial charge in [0.2, 0.25) is 0 Å². The molecule has 1 saturated heterocycles. The molecule has 1 unspecified atom stereocenters. The second kappa shape index (κ2) is 6.14. The number of aliphatic carboxylic acids is 1. The van der Waals surface area contributed by atoms with Crippen molar-refractivity contribution in [3.8, 4) is 0 Å². The first-order chi connectivity index (χ1) is 9.09. The Morgan fingerprint density at radius 2 is 2.26 bits per heavy atom. The molecule has 0 radical (unpaired) electrons. The largest absolute Gasteiger partial charge is 0.481 e. The van der Waals surface area contributed by atoms with Gasteiger partial charge >= 0.3 is 5.97 Å². The molecule has 0 aromatic carbocycles. The van der Waals surface area contributed by atoms with Gasteiger partial charge in [-0.3, -0.25) is 9.59 Å². The molecule has 1 amide bonds. The van der Waals surface area contributed by atoms with E-state index >= 15 is 0 Å². The monoisotopic (exact) mass is 326 g/mol. The Labute approximate surface area is 119 Å². The van der Waals surface area contributed by atoms with Crippen LogP contribution in [0.15, 0.2) is 22.9 Å². The highest BCUT2D eigenvalue weighted by atomic mass is 79.9. The van der Waals surface area contributed by atoms with Crippen LogP contribution in [0.5, 0.6) is 0 Å². The molecular weight excluding hydrogens is 312 g/mol. The minimum absolute atomic E-state index is 0.00359. The van der Waals surface area contributed by atoms with Crippen LogP contribution in [0.4, 0.5) is 0 Å². The number of amides is 1. The van der Waals surface area contributed by atoms with Gasteiger partial charge in [0.25, 0.3) is 5.91 Å². The van der Waals surface area contributed by atoms with Gasteiger partial charge < -0.3 is 10.0 Å². The zero-order chi connectivity index (χ0) is 13.8. The highest BCUT2D eigenvalue weighted by Gasteiger charge is 2.30. The number of rotatable bonds is 3. The number of halogens is 1. The summed E-state index contributed by atoms with van der Waals surface area (Å²) in [5, 5.41) is 8.93. The van der Waals surface area contributed by atoms with Crippen LogP contribution in [0.2, 0.25) is 0 Å². The van der Waals surface area contributed by atoms with E-state index in [1.54, 1.807) is 23.2 Å². The first-order valence-corrected chi connectivity index (χ1v) is 7.02. The van der Waals surface area contributed by atoms with Crippen LogP contribution in [-0.4, -0.2) is 39.5 Å². The van der Waals surface area contributed by atoms with E-state index in [1.807, 2.05) is 0 Å². The zero-order valence-corrected chi connectivity index (χ0v) is 12.0. The molecule has 1 N–H and O–H groups in total. The van der Waals surface area contributed by atoms with Gasteiger partial charge in [-0.25, -0.2) is 4.98 Å². The summed E-state index contributed by atoms with van der Waals surface area (Å²) in [7, 11) is 0. The van der Waals surface area contributed by atoms with Crippen molar-refractivity contribution in [1.82, 2.24) is 9.88 Å². The number of aromatic nitrogens is 1. The average molecular weight is 327 g/mol. The fourth-order valence-corrected chi connectivity index (χ4v) is 2.80. The lowest BCUT2D eigenvalue weighted by Crippen LogP contribution is -2.44. The van der Waals surface area contributed by atoms with Crippen molar-refractivity contribution in [3.05, 3.63) is 28.5 Å². The summed E-state index contributed by atoms with van der Waals surface area (Å²) >= 11 is 3.26. The Morgan fingerprint density at radius 1 is 1.47 bits per heavy atom. The standard InChI is InChI=1S/C13H15BrN2O3/c14-12-10(5-3-6-15-12)13(19)16-7-2-1-4-9(16)8-11(17)18/h3,5-6,9H,1-2,4,7-8H2,(H,17,18). The molecular formula is C13H15BrN2O3. The van der Waals surface area contributed by atoms with Crippen molar-refractivity contribution in [2.24, 2.45) is 0 Å². The van der Waals surface area contributed by atoms with Crippen molar-refractivity contribution in [2.45, 2.75) is 31.7 Å². The molecule has 1 aliphatic heterocycles. The smallest absolute Gasteiger partial charge is 0.305 e. The Morgan fingerprint density at radius 3 is 2.95 bits per heavy atom. The van der Waals surface area contributed by atoms with Crippen molar-refractivity contribution >= 4 is 27.8 Å². The summed E-state index contributed by atoms with van der Waals surface area (Å²) in [6, 6.07) is 3.19. The minimum Gasteiger partial charge on any atom is -0.481 e. The molecule has 2 rings (SSSR count). The highest BCUT2D eigenvalue weighted by molar-refractivity contribution is 9.10. The van der Waals surface area contributed by atoms with Gasteiger partial charge in [0, 0.05) is 18.8 Å². The Hall–Kier alpha value is -1.43. The van der Waals surface area contributed by atoms with Crippen molar-refractivity contribution < 1.29 is 14.7 Å². The zero-order valence-electron chi connectivity index (χ0n) is 10.4. The minimum atomic E-state index is -0.866. The van der Waals surface area contributed by atoms with E-state index in [0.29, 0.717) is 16.7 Å². The number of carbonyl (C=O) groups is 2. The first-order valence-electron chi connectivity index (χ1n) is 6.23. The molecule has 1 aliphatic rings. The normalized spacial score (nSPS) is 19.2. The van der Waals surface area contributed by atoms with E-state index in [1.165, 1.54) is 0 Å². The van der Waals surface area contributed by atoms with Gasteiger partial charge in [-0.15, -0.1) is 0 Å². The van der Waals surface area contributed by atoms with E-state index < -0.39 is 5.97 Å². The van der Waals surface area contributed by atoms with Gasteiger partial charge in [0.05, 0.1) is 12.0 Å². The quantitative estimate of drug-likeness (QED) is 0.865. The second-order valence-electron chi connectivity index (χ2n) is 4.59. The number of carboxylic acid groups (broad SMARTS) is 1. The maximum Gasteiger partial charge on any atom is 0.305 e. The maximum atomic E-state index is 12.5. The molecule has 1 atom stereocenters. The number of hydrogen-bond donors (Lipinski definition) is 1. The van der Waals surface area contributed by atoms with E-state index in [2.05, 4.69) is 20.9 Å². The lowest BCUT2D eigenvalue weighted by Gasteiger charge is -2.35. The first kappa shape index (κ1) is 14.0. The topological polar surface area (TPSA) is 70.5 Å². The summed E-state index contributed by atoms with van der Waals surface area (Å²) < 4.78 is 0.500. The van der Waals surface area contributed by atoms with Crippen LogP contribution in [-0.2, 0) is 4.79 Å². The fraction of sp³-hybridized carbons (Fsp3) is 0.462.